The number of piperazine rings is 1. The zero-order chi connectivity index (χ0) is 25.3. The molecule has 0 spiro atoms. The van der Waals surface area contributed by atoms with Crippen LogP contribution in [-0.2, 0) is 21.4 Å². The molecule has 1 saturated heterocycles. The summed E-state index contributed by atoms with van der Waals surface area (Å²) < 4.78 is 11.2. The minimum Gasteiger partial charge on any atom is -0.383 e. The monoisotopic (exact) mass is 524 g/mol. The molecule has 5 rings (SSSR count). The van der Waals surface area contributed by atoms with Crippen molar-refractivity contribution in [3.05, 3.63) is 82.7 Å². The summed E-state index contributed by atoms with van der Waals surface area (Å²) in [6.45, 7) is 9.35. The topological polar surface area (TPSA) is 70.8 Å². The zero-order valence-electron chi connectivity index (χ0n) is 22.1. The smallest absolute Gasteiger partial charge is 0.241 e. The third-order valence-corrected chi connectivity index (χ3v) is 7.57. The Balaban J connectivity index is 0.00000320. The lowest BCUT2D eigenvalue weighted by Gasteiger charge is -2.39. The van der Waals surface area contributed by atoms with Crippen molar-refractivity contribution in [1.29, 1.82) is 0 Å². The van der Waals surface area contributed by atoms with E-state index in [9.17, 15) is 4.79 Å². The van der Waals surface area contributed by atoms with Gasteiger partial charge in [0.15, 0.2) is 0 Å². The van der Waals surface area contributed by atoms with Crippen molar-refractivity contribution in [2.24, 2.45) is 0 Å². The van der Waals surface area contributed by atoms with E-state index in [4.69, 9.17) is 9.26 Å². The van der Waals surface area contributed by atoms with Crippen LogP contribution in [0.25, 0.3) is 0 Å². The van der Waals surface area contributed by atoms with Crippen LogP contribution in [0.15, 0.2) is 59.1 Å². The molecule has 2 aliphatic rings. The quantitative estimate of drug-likeness (QED) is 0.504. The number of carbonyl (C=O) groups is 1. The summed E-state index contributed by atoms with van der Waals surface area (Å²) in [5.74, 6) is 0.892. The van der Waals surface area contributed by atoms with Gasteiger partial charge < -0.3 is 19.5 Å². The molecule has 1 amide bonds. The minimum absolute atomic E-state index is 0. The Morgan fingerprint density at radius 2 is 1.97 bits per heavy atom. The molecule has 8 heteroatoms. The van der Waals surface area contributed by atoms with Crippen LogP contribution in [-0.4, -0.2) is 67.9 Å². The second-order valence-electron chi connectivity index (χ2n) is 10.5. The largest absolute Gasteiger partial charge is 0.383 e. The molecule has 3 heterocycles. The summed E-state index contributed by atoms with van der Waals surface area (Å²) in [5, 5.41) is 7.65. The van der Waals surface area contributed by atoms with Crippen molar-refractivity contribution in [3.63, 3.8) is 0 Å². The highest BCUT2D eigenvalue weighted by Gasteiger charge is 2.45. The Morgan fingerprint density at radius 1 is 1.19 bits per heavy atom. The first kappa shape index (κ1) is 27.3. The maximum atomic E-state index is 13.9. The number of hydrogen-bond donors (Lipinski definition) is 1. The molecule has 0 aliphatic carbocycles. The molecule has 0 saturated carbocycles. The molecule has 37 heavy (non-hydrogen) atoms. The number of aryl methyl sites for hydroxylation is 1. The Labute approximate surface area is 225 Å². The zero-order valence-corrected chi connectivity index (χ0v) is 22.9. The summed E-state index contributed by atoms with van der Waals surface area (Å²) in [6, 6.07) is 19.4. The van der Waals surface area contributed by atoms with E-state index in [1.807, 2.05) is 24.0 Å². The summed E-state index contributed by atoms with van der Waals surface area (Å²) in [7, 11) is 1.72. The first-order chi connectivity index (χ1) is 17.4. The number of carbonyl (C=O) groups excluding carboxylic acids is 1. The molecule has 198 valence electrons. The lowest BCUT2D eigenvalue weighted by Crippen LogP contribution is -2.59. The Morgan fingerprint density at radius 3 is 2.68 bits per heavy atom. The number of amides is 1. The molecule has 7 nitrogen and oxygen atoms in total. The summed E-state index contributed by atoms with van der Waals surface area (Å²) in [6.07, 6.45) is 0.819. The molecule has 1 N–H and O–H groups in total. The van der Waals surface area contributed by atoms with Gasteiger partial charge in [0.25, 0.3) is 0 Å². The van der Waals surface area contributed by atoms with E-state index in [-0.39, 0.29) is 24.4 Å². The highest BCUT2D eigenvalue weighted by molar-refractivity contribution is 5.98. The van der Waals surface area contributed by atoms with Crippen molar-refractivity contribution in [1.82, 2.24) is 15.4 Å². The van der Waals surface area contributed by atoms with E-state index < -0.39 is 5.41 Å². The van der Waals surface area contributed by atoms with Crippen LogP contribution in [0.2, 0.25) is 0 Å². The molecule has 3 atom stereocenters. The van der Waals surface area contributed by atoms with Crippen LogP contribution in [0.5, 0.6) is 0 Å². The maximum absolute atomic E-state index is 13.9. The normalized spacial score (nSPS) is 23.5. The summed E-state index contributed by atoms with van der Waals surface area (Å²) in [5.41, 5.74) is 4.89. The molecule has 1 aromatic heterocycles. The van der Waals surface area contributed by atoms with E-state index in [1.165, 1.54) is 11.1 Å². The number of halogens is 1. The second kappa shape index (κ2) is 11.4. The summed E-state index contributed by atoms with van der Waals surface area (Å²) in [4.78, 5) is 18.1. The fourth-order valence-corrected chi connectivity index (χ4v) is 5.59. The van der Waals surface area contributed by atoms with Gasteiger partial charge in [-0.2, -0.15) is 0 Å². The molecular weight excluding hydrogens is 488 g/mol. The number of benzene rings is 2. The van der Waals surface area contributed by atoms with Crippen LogP contribution in [0, 0.1) is 6.92 Å². The number of aromatic nitrogens is 1. The van der Waals surface area contributed by atoms with Crippen LogP contribution in [0.4, 0.5) is 5.69 Å². The maximum Gasteiger partial charge on any atom is 0.241 e. The number of nitrogens with zero attached hydrogens (tertiary/aromatic N) is 3. The Kier molecular flexibility index (Phi) is 8.39. The van der Waals surface area contributed by atoms with Crippen LogP contribution < -0.4 is 10.2 Å². The molecular formula is C29H37ClN4O3. The SMILES string of the molecule is COC[C@H]1CN[C@H](C)CN1CC(=O)N1C[C@@](C)(c2cc(C)no2)c2ccc(Cc3ccccc3)cc21.Cl. The number of fused-ring (bicyclic) bond motifs is 1. The van der Waals surface area contributed by atoms with Gasteiger partial charge in [-0.15, -0.1) is 12.4 Å². The number of hydrogen-bond acceptors (Lipinski definition) is 6. The highest BCUT2D eigenvalue weighted by atomic mass is 35.5. The van der Waals surface area contributed by atoms with Gasteiger partial charge in [-0.1, -0.05) is 47.6 Å². The van der Waals surface area contributed by atoms with Crippen LogP contribution in [0.3, 0.4) is 0 Å². The highest BCUT2D eigenvalue weighted by Crippen LogP contribution is 2.46. The van der Waals surface area contributed by atoms with Gasteiger partial charge in [0, 0.05) is 50.6 Å². The van der Waals surface area contributed by atoms with E-state index in [0.29, 0.717) is 25.7 Å². The first-order valence-corrected chi connectivity index (χ1v) is 12.8. The fraction of sp³-hybridized carbons (Fsp3) is 0.448. The predicted molar refractivity (Wildman–Crippen MR) is 148 cm³/mol. The van der Waals surface area contributed by atoms with E-state index in [1.54, 1.807) is 7.11 Å². The van der Waals surface area contributed by atoms with Crippen LogP contribution >= 0.6 is 12.4 Å². The van der Waals surface area contributed by atoms with Gasteiger partial charge in [0.2, 0.25) is 5.91 Å². The fourth-order valence-electron chi connectivity index (χ4n) is 5.59. The number of ether oxygens (including phenoxy) is 1. The Hall–Kier alpha value is -2.71. The lowest BCUT2D eigenvalue weighted by atomic mass is 9.81. The third-order valence-electron chi connectivity index (χ3n) is 7.57. The van der Waals surface area contributed by atoms with Crippen molar-refractivity contribution in [3.8, 4) is 0 Å². The number of methoxy groups -OCH3 is 1. The van der Waals surface area contributed by atoms with Crippen molar-refractivity contribution in [2.45, 2.75) is 44.7 Å². The van der Waals surface area contributed by atoms with E-state index in [0.717, 1.165) is 42.2 Å². The van der Waals surface area contributed by atoms with Crippen molar-refractivity contribution >= 4 is 24.0 Å². The average molecular weight is 525 g/mol. The number of rotatable bonds is 7. The van der Waals surface area contributed by atoms with Gasteiger partial charge in [-0.25, -0.2) is 0 Å². The average Bonchev–Trinajstić information content (AvgIpc) is 3.44. The van der Waals surface area contributed by atoms with Crippen molar-refractivity contribution < 1.29 is 14.1 Å². The molecule has 2 aliphatic heterocycles. The molecule has 2 aromatic carbocycles. The molecule has 3 aromatic rings. The van der Waals surface area contributed by atoms with Crippen molar-refractivity contribution in [2.75, 3.05) is 44.8 Å². The second-order valence-corrected chi connectivity index (χ2v) is 10.5. The van der Waals surface area contributed by atoms with Gasteiger partial charge >= 0.3 is 0 Å². The standard InChI is InChI=1S/C29H36N4O3.ClH/c1-20-12-27(36-31-20)29(3)19-33(28(34)17-32-16-21(2)30-15-24(32)18-35-4)26-14-23(10-11-25(26)29)13-22-8-6-5-7-9-22;/h5-12,14,21,24,30H,13,15-19H2,1-4H3;1H/t21-,24-,29-;/m1./s1. The van der Waals surface area contributed by atoms with Crippen LogP contribution in [0.1, 0.15) is 42.0 Å². The number of nitrogens with one attached hydrogen (secondary N) is 1. The van der Waals surface area contributed by atoms with Gasteiger partial charge in [0.1, 0.15) is 5.76 Å². The van der Waals surface area contributed by atoms with E-state index >= 15 is 0 Å². The number of anilines is 1. The Bertz CT molecular complexity index is 1220. The summed E-state index contributed by atoms with van der Waals surface area (Å²) >= 11 is 0. The van der Waals surface area contributed by atoms with Gasteiger partial charge in [0.05, 0.1) is 24.3 Å². The van der Waals surface area contributed by atoms with Gasteiger partial charge in [-0.3, -0.25) is 9.69 Å². The third kappa shape index (κ3) is 5.60. The van der Waals surface area contributed by atoms with E-state index in [2.05, 4.69) is 71.7 Å². The minimum atomic E-state index is -0.458. The molecule has 0 radical (unpaired) electrons. The first-order valence-electron chi connectivity index (χ1n) is 12.8. The molecule has 0 unspecified atom stereocenters. The molecule has 0 bridgehead atoms. The van der Waals surface area contributed by atoms with Gasteiger partial charge in [-0.05, 0) is 49.9 Å². The lowest BCUT2D eigenvalue weighted by molar-refractivity contribution is -0.121. The molecule has 1 fully saturated rings. The predicted octanol–water partition coefficient (Wildman–Crippen LogP) is 3.96.